The molecule has 1 saturated heterocycles. The van der Waals surface area contributed by atoms with E-state index in [4.69, 9.17) is 0 Å². The summed E-state index contributed by atoms with van der Waals surface area (Å²) < 4.78 is 0. The smallest absolute Gasteiger partial charge is 0.251 e. The molecule has 1 aliphatic rings. The van der Waals surface area contributed by atoms with Gasteiger partial charge in [-0.3, -0.25) is 9.69 Å². The summed E-state index contributed by atoms with van der Waals surface area (Å²) >= 11 is 0. The van der Waals surface area contributed by atoms with E-state index in [-0.39, 0.29) is 11.9 Å². The molecular weight excluding hydrogens is 320 g/mol. The van der Waals surface area contributed by atoms with Crippen LogP contribution in [0, 0.1) is 5.92 Å². The normalized spacial score (nSPS) is 16.0. The van der Waals surface area contributed by atoms with Gasteiger partial charge in [-0.2, -0.15) is 0 Å². The lowest BCUT2D eigenvalue weighted by Crippen LogP contribution is -2.29. The number of hydrogen-bond acceptors (Lipinski definition) is 2. The van der Waals surface area contributed by atoms with E-state index < -0.39 is 0 Å². The highest BCUT2D eigenvalue weighted by Gasteiger charge is 2.17. The fourth-order valence-corrected chi connectivity index (χ4v) is 3.64. The van der Waals surface area contributed by atoms with Crippen molar-refractivity contribution in [1.29, 1.82) is 0 Å². The largest absolute Gasteiger partial charge is 0.345 e. The van der Waals surface area contributed by atoms with Gasteiger partial charge in [-0.1, -0.05) is 56.3 Å². The molecule has 2 aromatic rings. The fourth-order valence-electron chi connectivity index (χ4n) is 3.64. The Bertz CT molecular complexity index is 688. The minimum Gasteiger partial charge on any atom is -0.345 e. The van der Waals surface area contributed by atoms with Crippen molar-refractivity contribution in [1.82, 2.24) is 10.2 Å². The zero-order valence-corrected chi connectivity index (χ0v) is 15.9. The molecule has 0 aliphatic carbocycles. The Kier molecular flexibility index (Phi) is 6.45. The first-order valence-electron chi connectivity index (χ1n) is 9.79. The first kappa shape index (κ1) is 18.7. The summed E-state index contributed by atoms with van der Waals surface area (Å²) in [4.78, 5) is 15.2. The predicted octanol–water partition coefficient (Wildman–Crippen LogP) is 4.80. The van der Waals surface area contributed by atoms with Gasteiger partial charge in [0.25, 0.3) is 5.91 Å². The molecule has 138 valence electrons. The highest BCUT2D eigenvalue weighted by Crippen LogP contribution is 2.22. The second-order valence-corrected chi connectivity index (χ2v) is 7.75. The van der Waals surface area contributed by atoms with Gasteiger partial charge in [-0.25, -0.2) is 0 Å². The van der Waals surface area contributed by atoms with Crippen molar-refractivity contribution in [3.05, 3.63) is 71.3 Å². The second-order valence-electron chi connectivity index (χ2n) is 7.75. The molecule has 1 heterocycles. The van der Waals surface area contributed by atoms with E-state index in [1.54, 1.807) is 0 Å². The minimum atomic E-state index is 0.00669. The maximum absolute atomic E-state index is 12.7. The molecule has 1 atom stereocenters. The lowest BCUT2D eigenvalue weighted by Gasteiger charge is -2.21. The summed E-state index contributed by atoms with van der Waals surface area (Å²) in [6.07, 6.45) is 3.54. The molecule has 0 bridgehead atoms. The Hall–Kier alpha value is -2.13. The van der Waals surface area contributed by atoms with Crippen LogP contribution < -0.4 is 5.32 Å². The lowest BCUT2D eigenvalue weighted by molar-refractivity contribution is 0.0932. The highest BCUT2D eigenvalue weighted by molar-refractivity contribution is 5.94. The average Bonchev–Trinajstić information content (AvgIpc) is 3.15. The molecule has 0 unspecified atom stereocenters. The molecule has 1 aliphatic heterocycles. The Balaban J connectivity index is 1.65. The van der Waals surface area contributed by atoms with Crippen LogP contribution in [0.2, 0.25) is 0 Å². The number of likely N-dealkylation sites (tertiary alicyclic amines) is 1. The van der Waals surface area contributed by atoms with Crippen molar-refractivity contribution >= 4 is 5.91 Å². The molecule has 26 heavy (non-hydrogen) atoms. The van der Waals surface area contributed by atoms with Crippen LogP contribution in [0.4, 0.5) is 0 Å². The number of rotatable bonds is 7. The zero-order chi connectivity index (χ0) is 18.4. The van der Waals surface area contributed by atoms with Gasteiger partial charge >= 0.3 is 0 Å². The number of nitrogens with one attached hydrogen (secondary N) is 1. The molecular formula is C23H30N2O. The van der Waals surface area contributed by atoms with E-state index in [1.165, 1.54) is 37.1 Å². The number of amides is 1. The van der Waals surface area contributed by atoms with Crippen molar-refractivity contribution in [2.24, 2.45) is 5.92 Å². The molecule has 0 aromatic heterocycles. The highest BCUT2D eigenvalue weighted by atomic mass is 16.1. The van der Waals surface area contributed by atoms with E-state index in [9.17, 15) is 4.79 Å². The Morgan fingerprint density at radius 1 is 1.00 bits per heavy atom. The first-order chi connectivity index (χ1) is 12.6. The average molecular weight is 351 g/mol. The second kappa shape index (κ2) is 9.00. The van der Waals surface area contributed by atoms with E-state index in [0.29, 0.717) is 5.92 Å². The van der Waals surface area contributed by atoms with Crippen LogP contribution in [0.5, 0.6) is 0 Å². The molecule has 3 heteroatoms. The summed E-state index contributed by atoms with van der Waals surface area (Å²) in [5, 5.41) is 3.22. The van der Waals surface area contributed by atoms with Crippen LogP contribution in [0.15, 0.2) is 54.6 Å². The van der Waals surface area contributed by atoms with Crippen LogP contribution >= 0.6 is 0 Å². The molecule has 1 fully saturated rings. The number of hydrogen-bond donors (Lipinski definition) is 1. The molecule has 0 spiro atoms. The predicted molar refractivity (Wildman–Crippen MR) is 107 cm³/mol. The van der Waals surface area contributed by atoms with Crippen LogP contribution in [-0.2, 0) is 6.54 Å². The van der Waals surface area contributed by atoms with Gasteiger partial charge in [0.2, 0.25) is 0 Å². The number of carbonyl (C=O) groups is 1. The maximum Gasteiger partial charge on any atom is 0.251 e. The van der Waals surface area contributed by atoms with Crippen molar-refractivity contribution in [2.75, 3.05) is 13.1 Å². The third kappa shape index (κ3) is 5.18. The quantitative estimate of drug-likeness (QED) is 0.778. The molecule has 3 nitrogen and oxygen atoms in total. The summed E-state index contributed by atoms with van der Waals surface area (Å²) in [6.45, 7) is 7.75. The van der Waals surface area contributed by atoms with Gasteiger partial charge in [0.05, 0.1) is 6.04 Å². The fraction of sp³-hybridized carbons (Fsp3) is 0.435. The molecule has 0 radical (unpaired) electrons. The van der Waals surface area contributed by atoms with Gasteiger partial charge in [0.1, 0.15) is 0 Å². The minimum absolute atomic E-state index is 0.00669. The number of benzene rings is 2. The number of nitrogens with zero attached hydrogens (tertiary/aromatic N) is 1. The maximum atomic E-state index is 12.7. The van der Waals surface area contributed by atoms with Crippen molar-refractivity contribution in [3.8, 4) is 0 Å². The van der Waals surface area contributed by atoms with Crippen LogP contribution in [0.3, 0.4) is 0 Å². The van der Waals surface area contributed by atoms with E-state index >= 15 is 0 Å². The molecule has 0 saturated carbocycles. The van der Waals surface area contributed by atoms with E-state index in [2.05, 4.69) is 48.3 Å². The first-order valence-corrected chi connectivity index (χ1v) is 9.79. The van der Waals surface area contributed by atoms with Gasteiger partial charge in [0, 0.05) is 12.1 Å². The molecule has 3 rings (SSSR count). The summed E-state index contributed by atoms with van der Waals surface area (Å²) in [5.74, 6) is 0.524. The Morgan fingerprint density at radius 3 is 2.27 bits per heavy atom. The Morgan fingerprint density at radius 2 is 1.65 bits per heavy atom. The van der Waals surface area contributed by atoms with Gasteiger partial charge in [-0.15, -0.1) is 0 Å². The summed E-state index contributed by atoms with van der Waals surface area (Å²) in [7, 11) is 0. The number of carbonyl (C=O) groups excluding carboxylic acids is 1. The van der Waals surface area contributed by atoms with Gasteiger partial charge < -0.3 is 5.32 Å². The van der Waals surface area contributed by atoms with E-state index in [1.807, 2.05) is 30.3 Å². The van der Waals surface area contributed by atoms with Crippen LogP contribution in [-0.4, -0.2) is 23.9 Å². The molecule has 1 amide bonds. The molecule has 1 N–H and O–H groups in total. The summed E-state index contributed by atoms with van der Waals surface area (Å²) in [5.41, 5.74) is 3.19. The topological polar surface area (TPSA) is 32.3 Å². The Labute approximate surface area is 157 Å². The third-order valence-corrected chi connectivity index (χ3v) is 5.04. The standard InChI is InChI=1S/C23H30N2O/c1-18(2)16-22(20-8-4-3-5-9-20)24-23(26)21-12-10-19(11-13-21)17-25-14-6-7-15-25/h3-5,8-13,18,22H,6-7,14-17H2,1-2H3,(H,24,26)/t22-/m0/s1. The van der Waals surface area contributed by atoms with Crippen LogP contribution in [0.25, 0.3) is 0 Å². The van der Waals surface area contributed by atoms with E-state index in [0.717, 1.165) is 18.5 Å². The monoisotopic (exact) mass is 350 g/mol. The van der Waals surface area contributed by atoms with Gasteiger partial charge in [0.15, 0.2) is 0 Å². The zero-order valence-electron chi connectivity index (χ0n) is 15.9. The third-order valence-electron chi connectivity index (χ3n) is 5.04. The van der Waals surface area contributed by atoms with Crippen LogP contribution in [0.1, 0.15) is 60.6 Å². The van der Waals surface area contributed by atoms with Crippen molar-refractivity contribution in [2.45, 2.75) is 45.7 Å². The lowest BCUT2D eigenvalue weighted by atomic mass is 9.96. The van der Waals surface area contributed by atoms with Gasteiger partial charge in [-0.05, 0) is 61.5 Å². The van der Waals surface area contributed by atoms with Crippen molar-refractivity contribution < 1.29 is 4.79 Å². The van der Waals surface area contributed by atoms with Crippen molar-refractivity contribution in [3.63, 3.8) is 0 Å². The summed E-state index contributed by atoms with van der Waals surface area (Å²) in [6, 6.07) is 18.4. The SMILES string of the molecule is CC(C)C[C@H](NC(=O)c1ccc(CN2CCCC2)cc1)c1ccccc1. The molecule has 2 aromatic carbocycles.